The minimum atomic E-state index is -3.72. The van der Waals surface area contributed by atoms with Crippen molar-refractivity contribution < 1.29 is 22.3 Å². The molecule has 4 rings (SSSR count). The smallest absolute Gasteiger partial charge is 0.350 e. The van der Waals surface area contributed by atoms with E-state index in [-0.39, 0.29) is 37.0 Å². The van der Waals surface area contributed by atoms with Gasteiger partial charge in [-0.2, -0.15) is 4.31 Å². The summed E-state index contributed by atoms with van der Waals surface area (Å²) in [6.45, 7) is 1.53. The molecular weight excluding hydrogens is 403 g/mol. The molecule has 0 radical (unpaired) electrons. The minimum Gasteiger partial charge on any atom is -0.492 e. The first-order chi connectivity index (χ1) is 13.9. The number of nitrogens with zero attached hydrogens (tertiary/aromatic N) is 4. The molecule has 1 aliphatic rings. The van der Waals surface area contributed by atoms with Crippen LogP contribution >= 0.6 is 0 Å². The Labute approximate surface area is 165 Å². The summed E-state index contributed by atoms with van der Waals surface area (Å²) >= 11 is 0. The van der Waals surface area contributed by atoms with Crippen LogP contribution < -0.4 is 10.4 Å². The molecule has 1 saturated heterocycles. The summed E-state index contributed by atoms with van der Waals surface area (Å²) in [5.74, 6) is 0.110. The molecule has 0 bridgehead atoms. The van der Waals surface area contributed by atoms with E-state index in [0.717, 1.165) is 0 Å². The number of ether oxygens (including phenoxy) is 2. The van der Waals surface area contributed by atoms with Crippen molar-refractivity contribution in [3.63, 3.8) is 0 Å². The van der Waals surface area contributed by atoms with Crippen LogP contribution in [0.2, 0.25) is 0 Å². The van der Waals surface area contributed by atoms with Gasteiger partial charge < -0.3 is 9.47 Å². The third-order valence-electron chi connectivity index (χ3n) is 4.54. The second-order valence-electron chi connectivity index (χ2n) is 6.42. The molecule has 1 aliphatic heterocycles. The molecule has 0 spiro atoms. The van der Waals surface area contributed by atoms with Crippen molar-refractivity contribution >= 4 is 15.7 Å². The normalized spacial score (nSPS) is 15.6. The molecule has 0 aliphatic carbocycles. The van der Waals surface area contributed by atoms with Crippen molar-refractivity contribution in [1.29, 1.82) is 0 Å². The lowest BCUT2D eigenvalue weighted by Gasteiger charge is -2.25. The zero-order valence-corrected chi connectivity index (χ0v) is 16.2. The lowest BCUT2D eigenvalue weighted by atomic mass is 10.3. The first kappa shape index (κ1) is 19.6. The summed E-state index contributed by atoms with van der Waals surface area (Å²) in [5.41, 5.74) is -0.139. The van der Waals surface area contributed by atoms with Gasteiger partial charge in [-0.1, -0.05) is 0 Å². The molecule has 29 heavy (non-hydrogen) atoms. The summed E-state index contributed by atoms with van der Waals surface area (Å²) in [6.07, 6.45) is 1.28. The second kappa shape index (κ2) is 7.93. The molecule has 0 atom stereocenters. The summed E-state index contributed by atoms with van der Waals surface area (Å²) < 4.78 is 52.9. The van der Waals surface area contributed by atoms with Crippen molar-refractivity contribution in [2.24, 2.45) is 0 Å². The molecule has 1 fully saturated rings. The van der Waals surface area contributed by atoms with E-state index in [4.69, 9.17) is 9.47 Å². The number of sulfonamides is 1. The van der Waals surface area contributed by atoms with Gasteiger partial charge in [0.2, 0.25) is 10.0 Å². The Kier molecular flexibility index (Phi) is 5.35. The summed E-state index contributed by atoms with van der Waals surface area (Å²) in [4.78, 5) is 12.6. The Bertz CT molecular complexity index is 1170. The molecule has 0 amide bonds. The number of hydrogen-bond donors (Lipinski definition) is 0. The van der Waals surface area contributed by atoms with E-state index >= 15 is 0 Å². The average molecular weight is 422 g/mol. The third kappa shape index (κ3) is 4.02. The van der Waals surface area contributed by atoms with Gasteiger partial charge in [-0.15, -0.1) is 5.10 Å². The van der Waals surface area contributed by atoms with Gasteiger partial charge in [0.25, 0.3) is 0 Å². The van der Waals surface area contributed by atoms with Crippen LogP contribution in [0.15, 0.2) is 52.3 Å². The number of rotatable bonds is 6. The largest absolute Gasteiger partial charge is 0.492 e. The molecule has 154 valence electrons. The van der Waals surface area contributed by atoms with Crippen molar-refractivity contribution in [2.75, 3.05) is 32.9 Å². The van der Waals surface area contributed by atoms with E-state index in [2.05, 4.69) is 5.10 Å². The van der Waals surface area contributed by atoms with E-state index in [0.29, 0.717) is 24.6 Å². The predicted molar refractivity (Wildman–Crippen MR) is 101 cm³/mol. The Morgan fingerprint density at radius 3 is 2.55 bits per heavy atom. The molecule has 9 nitrogen and oxygen atoms in total. The number of aromatic nitrogens is 3. The fourth-order valence-corrected chi connectivity index (χ4v) is 4.42. The standard InChI is InChI=1S/C18H19FN4O5S/c19-14-1-3-15(4-2-14)28-12-9-23-18(24)22-13-16(5-6-17(22)20-23)29(25,26)21-7-10-27-11-8-21/h1-6,13H,7-12H2. The Morgan fingerprint density at radius 1 is 1.10 bits per heavy atom. The Hall–Kier alpha value is -2.76. The quantitative estimate of drug-likeness (QED) is 0.581. The van der Waals surface area contributed by atoms with Crippen LogP contribution in [0.25, 0.3) is 5.65 Å². The number of benzene rings is 1. The minimum absolute atomic E-state index is 0.0242. The first-order valence-corrected chi connectivity index (χ1v) is 10.4. The van der Waals surface area contributed by atoms with E-state index in [1.54, 1.807) is 0 Å². The molecule has 2 aromatic heterocycles. The summed E-state index contributed by atoms with van der Waals surface area (Å²) in [5, 5.41) is 4.19. The Balaban J connectivity index is 1.53. The van der Waals surface area contributed by atoms with Gasteiger partial charge in [-0.05, 0) is 36.4 Å². The highest BCUT2D eigenvalue weighted by atomic mass is 32.2. The molecule has 1 aromatic carbocycles. The molecule has 3 heterocycles. The number of halogens is 1. The van der Waals surface area contributed by atoms with E-state index in [1.807, 2.05) is 0 Å². The fraction of sp³-hybridized carbons (Fsp3) is 0.333. The first-order valence-electron chi connectivity index (χ1n) is 9.01. The summed E-state index contributed by atoms with van der Waals surface area (Å²) in [7, 11) is -3.72. The van der Waals surface area contributed by atoms with Gasteiger partial charge >= 0.3 is 5.69 Å². The maximum atomic E-state index is 12.9. The topological polar surface area (TPSA) is 95.1 Å². The Morgan fingerprint density at radius 2 is 1.83 bits per heavy atom. The zero-order valence-electron chi connectivity index (χ0n) is 15.4. The molecule has 0 N–H and O–H groups in total. The van der Waals surface area contributed by atoms with Crippen LogP contribution in [0.1, 0.15) is 0 Å². The molecule has 0 unspecified atom stereocenters. The van der Waals surface area contributed by atoms with Crippen molar-refractivity contribution in [3.8, 4) is 5.75 Å². The molecule has 3 aromatic rings. The highest BCUT2D eigenvalue weighted by Crippen LogP contribution is 2.17. The third-order valence-corrected chi connectivity index (χ3v) is 6.43. The van der Waals surface area contributed by atoms with Crippen LogP contribution in [0.4, 0.5) is 4.39 Å². The second-order valence-corrected chi connectivity index (χ2v) is 8.36. The van der Waals surface area contributed by atoms with Crippen LogP contribution in [-0.2, 0) is 21.3 Å². The number of fused-ring (bicyclic) bond motifs is 1. The van der Waals surface area contributed by atoms with Crippen LogP contribution in [0.5, 0.6) is 5.75 Å². The van der Waals surface area contributed by atoms with Gasteiger partial charge in [0, 0.05) is 19.3 Å². The molecular formula is C18H19FN4O5S. The monoisotopic (exact) mass is 422 g/mol. The van der Waals surface area contributed by atoms with Crippen LogP contribution in [-0.4, -0.2) is 59.8 Å². The van der Waals surface area contributed by atoms with Gasteiger partial charge in [0.05, 0.1) is 24.7 Å². The van der Waals surface area contributed by atoms with E-state index in [1.165, 1.54) is 56.0 Å². The van der Waals surface area contributed by atoms with Gasteiger partial charge in [-0.3, -0.25) is 0 Å². The van der Waals surface area contributed by atoms with Gasteiger partial charge in [0.15, 0.2) is 5.65 Å². The number of hydrogen-bond acceptors (Lipinski definition) is 6. The van der Waals surface area contributed by atoms with Gasteiger partial charge in [0.1, 0.15) is 18.2 Å². The zero-order chi connectivity index (χ0) is 20.4. The van der Waals surface area contributed by atoms with E-state index < -0.39 is 15.7 Å². The van der Waals surface area contributed by atoms with Gasteiger partial charge in [-0.25, -0.2) is 26.7 Å². The molecule has 0 saturated carbocycles. The maximum absolute atomic E-state index is 12.9. The number of pyridine rings is 1. The van der Waals surface area contributed by atoms with E-state index in [9.17, 15) is 17.6 Å². The SMILES string of the molecule is O=c1n(CCOc2ccc(F)cc2)nc2ccc(S(=O)(=O)N3CCOCC3)cn12. The summed E-state index contributed by atoms with van der Waals surface area (Å²) in [6, 6.07) is 8.47. The predicted octanol–water partition coefficient (Wildman–Crippen LogP) is 0.735. The molecule has 11 heteroatoms. The lowest BCUT2D eigenvalue weighted by molar-refractivity contribution is 0.0730. The number of morpholine rings is 1. The average Bonchev–Trinajstić information content (AvgIpc) is 3.05. The highest BCUT2D eigenvalue weighted by Gasteiger charge is 2.27. The van der Waals surface area contributed by atoms with Crippen molar-refractivity contribution in [2.45, 2.75) is 11.4 Å². The van der Waals surface area contributed by atoms with Crippen LogP contribution in [0, 0.1) is 5.82 Å². The lowest BCUT2D eigenvalue weighted by Crippen LogP contribution is -2.40. The van der Waals surface area contributed by atoms with Crippen molar-refractivity contribution in [1.82, 2.24) is 18.5 Å². The highest BCUT2D eigenvalue weighted by molar-refractivity contribution is 7.89. The van der Waals surface area contributed by atoms with Crippen molar-refractivity contribution in [3.05, 3.63) is 58.9 Å². The maximum Gasteiger partial charge on any atom is 0.350 e. The van der Waals surface area contributed by atoms with Crippen LogP contribution in [0.3, 0.4) is 0 Å². The fourth-order valence-electron chi connectivity index (χ4n) is 3.01.